The summed E-state index contributed by atoms with van der Waals surface area (Å²) in [7, 11) is 0. The van der Waals surface area contributed by atoms with Gasteiger partial charge in [0, 0.05) is 18.2 Å². The zero-order valence-electron chi connectivity index (χ0n) is 14.2. The van der Waals surface area contributed by atoms with E-state index in [-0.39, 0.29) is 11.9 Å². The summed E-state index contributed by atoms with van der Waals surface area (Å²) in [5.74, 6) is -0.0441. The molecule has 0 radical (unpaired) electrons. The molecule has 1 fully saturated rings. The third-order valence-electron chi connectivity index (χ3n) is 4.92. The summed E-state index contributed by atoms with van der Waals surface area (Å²) in [6.07, 6.45) is 2.81. The van der Waals surface area contributed by atoms with Crippen LogP contribution in [-0.2, 0) is 6.42 Å². The van der Waals surface area contributed by atoms with Gasteiger partial charge in [0.25, 0.3) is 5.91 Å². The third-order valence-corrected chi connectivity index (χ3v) is 4.92. The number of rotatable bonds is 3. The minimum Gasteiger partial charge on any atom is -0.335 e. The number of nitrogens with zero attached hydrogens (tertiary/aromatic N) is 1. The molecule has 0 aliphatic carbocycles. The van der Waals surface area contributed by atoms with Gasteiger partial charge in [0.15, 0.2) is 0 Å². The summed E-state index contributed by atoms with van der Waals surface area (Å²) >= 11 is 0. The number of likely N-dealkylation sites (tertiary alicyclic amines) is 1. The second-order valence-electron chi connectivity index (χ2n) is 6.65. The zero-order chi connectivity index (χ0) is 18.1. The molecule has 6 nitrogen and oxygen atoms in total. The summed E-state index contributed by atoms with van der Waals surface area (Å²) in [4.78, 5) is 42.9. The van der Waals surface area contributed by atoms with Gasteiger partial charge in [0.2, 0.25) is 0 Å². The minimum absolute atomic E-state index is 0.0441. The van der Waals surface area contributed by atoms with Crippen LogP contribution in [0, 0.1) is 0 Å². The smallest absolute Gasteiger partial charge is 0.314 e. The van der Waals surface area contributed by atoms with E-state index < -0.39 is 11.1 Å². The molecule has 2 N–H and O–H groups in total. The summed E-state index contributed by atoms with van der Waals surface area (Å²) in [5.41, 5.74) is 1.29. The lowest BCUT2D eigenvalue weighted by Gasteiger charge is -2.25. The van der Waals surface area contributed by atoms with Crippen molar-refractivity contribution in [3.05, 3.63) is 80.4 Å². The number of aromatic nitrogens is 2. The molecule has 1 unspecified atom stereocenters. The quantitative estimate of drug-likeness (QED) is 0.710. The van der Waals surface area contributed by atoms with E-state index in [1.807, 2.05) is 23.1 Å². The Morgan fingerprint density at radius 3 is 2.50 bits per heavy atom. The van der Waals surface area contributed by atoms with Crippen molar-refractivity contribution in [1.82, 2.24) is 14.9 Å². The SMILES string of the molecule is O=C(c1ccc2[nH]c(=O)c(=O)[nH]c2c1)N1CCCC1Cc1ccccc1. The average Bonchev–Trinajstić information content (AvgIpc) is 3.10. The van der Waals surface area contributed by atoms with Gasteiger partial charge in [-0.25, -0.2) is 0 Å². The van der Waals surface area contributed by atoms with Crippen molar-refractivity contribution in [2.45, 2.75) is 25.3 Å². The molecule has 3 aromatic rings. The van der Waals surface area contributed by atoms with E-state index in [4.69, 9.17) is 0 Å². The number of H-pyrrole nitrogens is 2. The first-order valence-electron chi connectivity index (χ1n) is 8.73. The molecule has 1 aliphatic rings. The number of aromatic amines is 2. The summed E-state index contributed by atoms with van der Waals surface area (Å²) < 4.78 is 0. The number of hydrogen-bond acceptors (Lipinski definition) is 3. The summed E-state index contributed by atoms with van der Waals surface area (Å²) in [5, 5.41) is 0. The molecule has 132 valence electrons. The topological polar surface area (TPSA) is 86.0 Å². The van der Waals surface area contributed by atoms with Gasteiger partial charge in [0.1, 0.15) is 0 Å². The van der Waals surface area contributed by atoms with Crippen molar-refractivity contribution >= 4 is 16.9 Å². The Bertz CT molecular complexity index is 1070. The van der Waals surface area contributed by atoms with Crippen molar-refractivity contribution in [3.63, 3.8) is 0 Å². The van der Waals surface area contributed by atoms with Crippen LogP contribution in [0.3, 0.4) is 0 Å². The van der Waals surface area contributed by atoms with E-state index in [0.717, 1.165) is 25.8 Å². The number of carbonyl (C=O) groups excluding carboxylic acids is 1. The maximum atomic E-state index is 13.0. The van der Waals surface area contributed by atoms with E-state index in [0.29, 0.717) is 16.6 Å². The molecule has 4 rings (SSSR count). The van der Waals surface area contributed by atoms with Crippen molar-refractivity contribution in [2.24, 2.45) is 0 Å². The highest BCUT2D eigenvalue weighted by Gasteiger charge is 2.29. The fraction of sp³-hybridized carbons (Fsp3) is 0.250. The molecular formula is C20H19N3O3. The Labute approximate surface area is 149 Å². The fourth-order valence-corrected chi connectivity index (χ4v) is 3.62. The number of hydrogen-bond donors (Lipinski definition) is 2. The average molecular weight is 349 g/mol. The molecule has 1 saturated heterocycles. The molecule has 6 heteroatoms. The van der Waals surface area contributed by atoms with Crippen molar-refractivity contribution < 1.29 is 4.79 Å². The highest BCUT2D eigenvalue weighted by Crippen LogP contribution is 2.24. The molecule has 1 aliphatic heterocycles. The van der Waals surface area contributed by atoms with E-state index in [9.17, 15) is 14.4 Å². The Hall–Kier alpha value is -3.15. The largest absolute Gasteiger partial charge is 0.335 e. The number of amides is 1. The zero-order valence-corrected chi connectivity index (χ0v) is 14.2. The van der Waals surface area contributed by atoms with Crippen LogP contribution < -0.4 is 11.1 Å². The lowest BCUT2D eigenvalue weighted by molar-refractivity contribution is 0.0736. The van der Waals surface area contributed by atoms with Gasteiger partial charge in [-0.15, -0.1) is 0 Å². The van der Waals surface area contributed by atoms with Crippen LogP contribution in [0.2, 0.25) is 0 Å². The second kappa shape index (κ2) is 6.63. The number of fused-ring (bicyclic) bond motifs is 1. The Balaban J connectivity index is 1.61. The molecule has 1 aromatic heterocycles. The second-order valence-corrected chi connectivity index (χ2v) is 6.65. The van der Waals surface area contributed by atoms with E-state index in [1.54, 1.807) is 18.2 Å². The third kappa shape index (κ3) is 3.06. The van der Waals surface area contributed by atoms with E-state index >= 15 is 0 Å². The van der Waals surface area contributed by atoms with Crippen molar-refractivity contribution in [3.8, 4) is 0 Å². The maximum absolute atomic E-state index is 13.0. The Kier molecular flexibility index (Phi) is 4.16. The molecule has 2 heterocycles. The highest BCUT2D eigenvalue weighted by molar-refractivity contribution is 5.97. The van der Waals surface area contributed by atoms with Gasteiger partial charge in [-0.1, -0.05) is 30.3 Å². The van der Waals surface area contributed by atoms with Gasteiger partial charge in [-0.2, -0.15) is 0 Å². The molecular weight excluding hydrogens is 330 g/mol. The van der Waals surface area contributed by atoms with Crippen LogP contribution in [0.25, 0.3) is 11.0 Å². The molecule has 1 amide bonds. The predicted octanol–water partition coefficient (Wildman–Crippen LogP) is 2.06. The van der Waals surface area contributed by atoms with Crippen LogP contribution >= 0.6 is 0 Å². The molecule has 1 atom stereocenters. The summed E-state index contributed by atoms with van der Waals surface area (Å²) in [6.45, 7) is 0.733. The van der Waals surface area contributed by atoms with Crippen molar-refractivity contribution in [2.75, 3.05) is 6.54 Å². The number of carbonyl (C=O) groups is 1. The number of nitrogens with one attached hydrogen (secondary N) is 2. The van der Waals surface area contributed by atoms with E-state index in [1.165, 1.54) is 5.56 Å². The molecule has 0 saturated carbocycles. The van der Waals surface area contributed by atoms with Crippen molar-refractivity contribution in [1.29, 1.82) is 0 Å². The lowest BCUT2D eigenvalue weighted by atomic mass is 10.0. The van der Waals surface area contributed by atoms with E-state index in [2.05, 4.69) is 22.1 Å². The van der Waals surface area contributed by atoms with Gasteiger partial charge in [0.05, 0.1) is 11.0 Å². The molecule has 26 heavy (non-hydrogen) atoms. The molecule has 0 bridgehead atoms. The normalized spacial score (nSPS) is 16.9. The number of benzene rings is 2. The standard InChI is InChI=1S/C20H19N3O3/c24-18-19(25)22-17-12-14(8-9-16(17)21-18)20(26)23-10-4-7-15(23)11-13-5-2-1-3-6-13/h1-3,5-6,8-9,12,15H,4,7,10-11H2,(H,21,24)(H,22,25). The summed E-state index contributed by atoms with van der Waals surface area (Å²) in [6, 6.07) is 15.3. The van der Waals surface area contributed by atoms with Crippen LogP contribution in [-0.4, -0.2) is 33.4 Å². The van der Waals surface area contributed by atoms with Crippen LogP contribution in [0.15, 0.2) is 58.1 Å². The first-order chi connectivity index (χ1) is 12.6. The minimum atomic E-state index is -0.717. The Morgan fingerprint density at radius 1 is 1.00 bits per heavy atom. The Morgan fingerprint density at radius 2 is 1.73 bits per heavy atom. The first kappa shape index (κ1) is 16.3. The van der Waals surface area contributed by atoms with Gasteiger partial charge < -0.3 is 14.9 Å². The lowest BCUT2D eigenvalue weighted by Crippen LogP contribution is -2.37. The highest BCUT2D eigenvalue weighted by atomic mass is 16.2. The molecule has 0 spiro atoms. The van der Waals surface area contributed by atoms with Gasteiger partial charge in [-0.05, 0) is 43.0 Å². The van der Waals surface area contributed by atoms with Crippen LogP contribution in [0.1, 0.15) is 28.8 Å². The van der Waals surface area contributed by atoms with Gasteiger partial charge >= 0.3 is 11.1 Å². The monoisotopic (exact) mass is 349 g/mol. The predicted molar refractivity (Wildman–Crippen MR) is 99.4 cm³/mol. The van der Waals surface area contributed by atoms with Crippen LogP contribution in [0.4, 0.5) is 0 Å². The fourth-order valence-electron chi connectivity index (χ4n) is 3.62. The van der Waals surface area contributed by atoms with Crippen LogP contribution in [0.5, 0.6) is 0 Å². The maximum Gasteiger partial charge on any atom is 0.314 e. The first-order valence-corrected chi connectivity index (χ1v) is 8.73. The molecule has 2 aromatic carbocycles. The van der Waals surface area contributed by atoms with Gasteiger partial charge in [-0.3, -0.25) is 14.4 Å².